The minimum absolute atomic E-state index is 0.0363. The van der Waals surface area contributed by atoms with E-state index in [0.717, 1.165) is 19.5 Å². The molecule has 0 aromatic carbocycles. The molecule has 0 amide bonds. The first-order chi connectivity index (χ1) is 5.04. The molecule has 0 bridgehead atoms. The zero-order valence-corrected chi connectivity index (χ0v) is 7.50. The predicted octanol–water partition coefficient (Wildman–Crippen LogP) is 1.63. The molecule has 0 N–H and O–H groups in total. The number of nitrogens with zero attached hydrogens (tertiary/aromatic N) is 2. The monoisotopic (exact) mass is 156 g/mol. The van der Waals surface area contributed by atoms with E-state index in [2.05, 4.69) is 30.8 Å². The lowest BCUT2D eigenvalue weighted by atomic mass is 10.1. The summed E-state index contributed by atoms with van der Waals surface area (Å²) in [5.41, 5.74) is 0.194. The van der Waals surface area contributed by atoms with Gasteiger partial charge in [0.05, 0.1) is 0 Å². The number of hydrogen-bond acceptors (Lipinski definition) is 3. The molecule has 11 heavy (non-hydrogen) atoms. The SMILES string of the molecule is CC(C)(C)N1CCC(N=O)C1. The molecular formula is C8H16N2O. The first-order valence-corrected chi connectivity index (χ1v) is 4.11. The van der Waals surface area contributed by atoms with Crippen molar-refractivity contribution in [2.75, 3.05) is 13.1 Å². The minimum atomic E-state index is 0.0363. The predicted molar refractivity (Wildman–Crippen MR) is 45.5 cm³/mol. The van der Waals surface area contributed by atoms with Crippen molar-refractivity contribution < 1.29 is 0 Å². The van der Waals surface area contributed by atoms with Gasteiger partial charge in [0.1, 0.15) is 6.04 Å². The largest absolute Gasteiger partial charge is 0.296 e. The highest BCUT2D eigenvalue weighted by Gasteiger charge is 2.30. The average Bonchev–Trinajstić information content (AvgIpc) is 2.32. The van der Waals surface area contributed by atoms with E-state index in [9.17, 15) is 4.91 Å². The molecule has 1 unspecified atom stereocenters. The van der Waals surface area contributed by atoms with Crippen molar-refractivity contribution in [3.05, 3.63) is 4.91 Å². The maximum atomic E-state index is 10.2. The summed E-state index contributed by atoms with van der Waals surface area (Å²) in [5, 5.41) is 3.06. The lowest BCUT2D eigenvalue weighted by molar-refractivity contribution is 0.173. The van der Waals surface area contributed by atoms with Crippen molar-refractivity contribution in [2.45, 2.75) is 38.8 Å². The maximum Gasteiger partial charge on any atom is 0.106 e. The fraction of sp³-hybridized carbons (Fsp3) is 1.00. The summed E-state index contributed by atoms with van der Waals surface area (Å²) < 4.78 is 0. The molecule has 1 fully saturated rings. The Morgan fingerprint density at radius 1 is 1.45 bits per heavy atom. The van der Waals surface area contributed by atoms with Crippen molar-refractivity contribution in [3.63, 3.8) is 0 Å². The van der Waals surface area contributed by atoms with Crippen LogP contribution >= 0.6 is 0 Å². The molecule has 1 heterocycles. The van der Waals surface area contributed by atoms with Crippen LogP contribution in [0.15, 0.2) is 5.18 Å². The summed E-state index contributed by atoms with van der Waals surface area (Å²) in [7, 11) is 0. The van der Waals surface area contributed by atoms with Crippen LogP contribution in [-0.4, -0.2) is 29.6 Å². The lowest BCUT2D eigenvalue weighted by Gasteiger charge is -2.31. The Bertz CT molecular complexity index is 151. The van der Waals surface area contributed by atoms with Gasteiger partial charge in [0.15, 0.2) is 0 Å². The first kappa shape index (κ1) is 8.65. The van der Waals surface area contributed by atoms with Gasteiger partial charge in [-0.25, -0.2) is 0 Å². The Morgan fingerprint density at radius 3 is 2.36 bits per heavy atom. The number of likely N-dealkylation sites (tertiary alicyclic amines) is 1. The van der Waals surface area contributed by atoms with E-state index in [0.29, 0.717) is 0 Å². The van der Waals surface area contributed by atoms with Crippen LogP contribution in [0.3, 0.4) is 0 Å². The highest BCUT2D eigenvalue weighted by atomic mass is 16.3. The Kier molecular flexibility index (Phi) is 2.28. The van der Waals surface area contributed by atoms with Crippen LogP contribution in [-0.2, 0) is 0 Å². The molecule has 0 aliphatic carbocycles. The van der Waals surface area contributed by atoms with Crippen molar-refractivity contribution >= 4 is 0 Å². The third-order valence-corrected chi connectivity index (χ3v) is 2.26. The molecule has 3 heteroatoms. The van der Waals surface area contributed by atoms with Gasteiger partial charge in [-0.15, -0.1) is 0 Å². The van der Waals surface area contributed by atoms with Crippen molar-refractivity contribution in [1.82, 2.24) is 4.90 Å². The van der Waals surface area contributed by atoms with Crippen LogP contribution in [0.2, 0.25) is 0 Å². The van der Waals surface area contributed by atoms with Crippen molar-refractivity contribution in [3.8, 4) is 0 Å². The average molecular weight is 156 g/mol. The minimum Gasteiger partial charge on any atom is -0.296 e. The van der Waals surface area contributed by atoms with Gasteiger partial charge < -0.3 is 0 Å². The fourth-order valence-electron chi connectivity index (χ4n) is 1.44. The Hall–Kier alpha value is -0.440. The Labute approximate surface area is 67.7 Å². The highest BCUT2D eigenvalue weighted by molar-refractivity contribution is 4.87. The molecule has 64 valence electrons. The maximum absolute atomic E-state index is 10.2. The molecular weight excluding hydrogens is 140 g/mol. The van der Waals surface area contributed by atoms with E-state index in [1.165, 1.54) is 0 Å². The third-order valence-electron chi connectivity index (χ3n) is 2.26. The van der Waals surface area contributed by atoms with E-state index in [4.69, 9.17) is 0 Å². The molecule has 0 aromatic rings. The van der Waals surface area contributed by atoms with Crippen LogP contribution in [0.4, 0.5) is 0 Å². The fourth-order valence-corrected chi connectivity index (χ4v) is 1.44. The van der Waals surface area contributed by atoms with Crippen molar-refractivity contribution in [1.29, 1.82) is 0 Å². The normalized spacial score (nSPS) is 27.4. The van der Waals surface area contributed by atoms with Gasteiger partial charge in [0.2, 0.25) is 0 Å². The highest BCUT2D eigenvalue weighted by Crippen LogP contribution is 2.21. The van der Waals surface area contributed by atoms with E-state index in [1.54, 1.807) is 0 Å². The summed E-state index contributed by atoms with van der Waals surface area (Å²) >= 11 is 0. The quantitative estimate of drug-likeness (QED) is 0.540. The van der Waals surface area contributed by atoms with E-state index in [-0.39, 0.29) is 11.6 Å². The number of nitroso groups, excluding NO2 is 1. The van der Waals surface area contributed by atoms with Crippen LogP contribution in [0.5, 0.6) is 0 Å². The summed E-state index contributed by atoms with van der Waals surface area (Å²) in [4.78, 5) is 12.5. The van der Waals surface area contributed by atoms with Crippen LogP contribution in [0.1, 0.15) is 27.2 Å². The second-order valence-electron chi connectivity index (χ2n) is 4.16. The molecule has 1 rings (SSSR count). The Morgan fingerprint density at radius 2 is 2.09 bits per heavy atom. The molecule has 1 saturated heterocycles. The van der Waals surface area contributed by atoms with Gasteiger partial charge >= 0.3 is 0 Å². The molecule has 1 aliphatic heterocycles. The molecule has 0 saturated carbocycles. The second kappa shape index (κ2) is 2.89. The lowest BCUT2D eigenvalue weighted by Crippen LogP contribution is -2.39. The van der Waals surface area contributed by atoms with Crippen LogP contribution in [0, 0.1) is 4.91 Å². The van der Waals surface area contributed by atoms with Gasteiger partial charge in [-0.2, -0.15) is 4.91 Å². The van der Waals surface area contributed by atoms with Crippen molar-refractivity contribution in [2.24, 2.45) is 5.18 Å². The summed E-state index contributed by atoms with van der Waals surface area (Å²) in [6.45, 7) is 8.35. The standard InChI is InChI=1S/C8H16N2O/c1-8(2,3)10-5-4-7(6-10)9-11/h7H,4-6H2,1-3H3. The summed E-state index contributed by atoms with van der Waals surface area (Å²) in [6.07, 6.45) is 0.931. The number of rotatable bonds is 1. The zero-order valence-electron chi connectivity index (χ0n) is 7.50. The molecule has 1 atom stereocenters. The van der Waals surface area contributed by atoms with Gasteiger partial charge in [-0.05, 0) is 27.2 Å². The second-order valence-corrected chi connectivity index (χ2v) is 4.16. The third kappa shape index (κ3) is 1.99. The van der Waals surface area contributed by atoms with Crippen LogP contribution < -0.4 is 0 Å². The first-order valence-electron chi connectivity index (χ1n) is 4.11. The van der Waals surface area contributed by atoms with Crippen LogP contribution in [0.25, 0.3) is 0 Å². The molecule has 0 radical (unpaired) electrons. The molecule has 3 nitrogen and oxygen atoms in total. The summed E-state index contributed by atoms with van der Waals surface area (Å²) in [6, 6.07) is 0.0363. The van der Waals surface area contributed by atoms with Gasteiger partial charge in [-0.1, -0.05) is 5.18 Å². The van der Waals surface area contributed by atoms with Gasteiger partial charge in [0.25, 0.3) is 0 Å². The Balaban J connectivity index is 2.48. The molecule has 0 spiro atoms. The smallest absolute Gasteiger partial charge is 0.106 e. The van der Waals surface area contributed by atoms with E-state index >= 15 is 0 Å². The zero-order chi connectivity index (χ0) is 8.48. The number of hydrogen-bond donors (Lipinski definition) is 0. The van der Waals surface area contributed by atoms with Gasteiger partial charge in [-0.3, -0.25) is 4.90 Å². The summed E-state index contributed by atoms with van der Waals surface area (Å²) in [5.74, 6) is 0. The van der Waals surface area contributed by atoms with E-state index in [1.807, 2.05) is 0 Å². The molecule has 0 aromatic heterocycles. The molecule has 1 aliphatic rings. The van der Waals surface area contributed by atoms with Gasteiger partial charge in [0, 0.05) is 18.6 Å². The van der Waals surface area contributed by atoms with E-state index < -0.39 is 0 Å². The topological polar surface area (TPSA) is 32.7 Å².